The van der Waals surface area contributed by atoms with Crippen LogP contribution in [0, 0.1) is 5.92 Å². The number of hydrogen-bond donors (Lipinski definition) is 0. The first-order valence-corrected chi connectivity index (χ1v) is 6.18. The molecule has 0 aliphatic heterocycles. The van der Waals surface area contributed by atoms with Gasteiger partial charge >= 0.3 is 0 Å². The second-order valence-corrected chi connectivity index (χ2v) is 4.60. The van der Waals surface area contributed by atoms with E-state index in [1.165, 1.54) is 53.7 Å². The van der Waals surface area contributed by atoms with Gasteiger partial charge in [-0.1, -0.05) is 46.0 Å². The van der Waals surface area contributed by atoms with Crippen molar-refractivity contribution in [2.75, 3.05) is 0 Å². The van der Waals surface area contributed by atoms with E-state index in [0.29, 0.717) is 0 Å². The van der Waals surface area contributed by atoms with Gasteiger partial charge in [-0.25, -0.2) is 0 Å². The molecule has 0 bridgehead atoms. The maximum atomic E-state index is 2.31. The molecule has 0 amide bonds. The molecule has 0 rings (SSSR count). The molecule has 0 heterocycles. The highest BCUT2D eigenvalue weighted by molar-refractivity contribution is 6.08. The van der Waals surface area contributed by atoms with E-state index in [1.54, 1.807) is 0 Å². The van der Waals surface area contributed by atoms with E-state index < -0.39 is 0 Å². The molecule has 0 nitrogen and oxygen atoms in total. The topological polar surface area (TPSA) is 0 Å². The minimum absolute atomic E-state index is 0.913. The largest absolute Gasteiger partial charge is 0.211 e. The predicted molar refractivity (Wildman–Crippen MR) is 51.3 cm³/mol. The predicted octanol–water partition coefficient (Wildman–Crippen LogP) is 2.64. The minimum atomic E-state index is 0.913. The zero-order valence-corrected chi connectivity index (χ0v) is 9.82. The lowest BCUT2D eigenvalue weighted by Crippen LogP contribution is -1.86. The Labute approximate surface area is 73.8 Å². The van der Waals surface area contributed by atoms with Gasteiger partial charge in [0.25, 0.3) is 0 Å². The van der Waals surface area contributed by atoms with Crippen LogP contribution in [0.15, 0.2) is 0 Å². The molecule has 0 aliphatic rings. The molecule has 0 fully saturated rings. The fourth-order valence-electron chi connectivity index (χ4n) is 1.16. The van der Waals surface area contributed by atoms with Crippen molar-refractivity contribution in [2.24, 2.45) is 5.92 Å². The normalized spacial score (nSPS) is 10.7. The van der Waals surface area contributed by atoms with E-state index in [0.717, 1.165) is 5.92 Å². The molecule has 0 N–H and O–H groups in total. The first-order chi connectivity index (χ1) is 4.77. The molecule has 1 heteroatoms. The molecule has 0 aromatic rings. The Morgan fingerprint density at radius 1 is 1.00 bits per heavy atom. The highest BCUT2D eigenvalue weighted by Crippen LogP contribution is 2.09. The van der Waals surface area contributed by atoms with E-state index in [9.17, 15) is 0 Å². The molecule has 0 unspecified atom stereocenters. The van der Waals surface area contributed by atoms with Crippen molar-refractivity contribution in [1.29, 1.82) is 0 Å². The highest BCUT2D eigenvalue weighted by Gasteiger charge is 1.92. The van der Waals surface area contributed by atoms with Crippen LogP contribution in [-0.2, 0) is 0 Å². The van der Waals surface area contributed by atoms with E-state index in [1.807, 2.05) is 0 Å². The Balaban J connectivity index is 2.77. The SMILES string of the molecule is CC(C)CCCCC[CH2][AlH2]. The Kier molecular flexibility index (Phi) is 8.04. The fourth-order valence-corrected chi connectivity index (χ4v) is 1.66. The highest BCUT2D eigenvalue weighted by atomic mass is 27.0. The van der Waals surface area contributed by atoms with Gasteiger partial charge in [0.1, 0.15) is 0 Å². The average molecular weight is 156 g/mol. The van der Waals surface area contributed by atoms with Crippen LogP contribution in [0.1, 0.15) is 46.0 Å². The van der Waals surface area contributed by atoms with Gasteiger partial charge in [0, 0.05) is 0 Å². The van der Waals surface area contributed by atoms with Crippen LogP contribution < -0.4 is 0 Å². The van der Waals surface area contributed by atoms with Gasteiger partial charge in [-0.15, -0.1) is 5.28 Å². The standard InChI is InChI=1S/C9H19.Al.2H/c1-4-5-6-7-8-9(2)3;;;/h9H,1,4-8H2,2-3H3;;;. The Morgan fingerprint density at radius 2 is 1.60 bits per heavy atom. The summed E-state index contributed by atoms with van der Waals surface area (Å²) in [5, 5.41) is 1.50. The van der Waals surface area contributed by atoms with E-state index >= 15 is 0 Å². The number of rotatable bonds is 6. The van der Waals surface area contributed by atoms with Crippen LogP contribution in [0.3, 0.4) is 0 Å². The monoisotopic (exact) mass is 156 g/mol. The lowest BCUT2D eigenvalue weighted by Gasteiger charge is -2.02. The van der Waals surface area contributed by atoms with E-state index in [-0.39, 0.29) is 0 Å². The van der Waals surface area contributed by atoms with Gasteiger partial charge in [0.05, 0.1) is 0 Å². The average Bonchev–Trinajstić information content (AvgIpc) is 1.87. The summed E-state index contributed by atoms with van der Waals surface area (Å²) in [6.07, 6.45) is 7.33. The molecule has 10 heavy (non-hydrogen) atoms. The fraction of sp³-hybridized carbons (Fsp3) is 1.00. The van der Waals surface area contributed by atoms with E-state index in [2.05, 4.69) is 13.8 Å². The molecule has 0 atom stereocenters. The van der Waals surface area contributed by atoms with Crippen molar-refractivity contribution >= 4 is 16.3 Å². The lowest BCUT2D eigenvalue weighted by atomic mass is 10.0. The van der Waals surface area contributed by atoms with Crippen molar-refractivity contribution in [3.8, 4) is 0 Å². The number of hydrogen-bond acceptors (Lipinski definition) is 0. The van der Waals surface area contributed by atoms with Crippen LogP contribution in [-0.4, -0.2) is 16.3 Å². The van der Waals surface area contributed by atoms with Gasteiger partial charge in [-0.3, -0.25) is 0 Å². The van der Waals surface area contributed by atoms with Crippen molar-refractivity contribution in [1.82, 2.24) is 0 Å². The summed E-state index contributed by atoms with van der Waals surface area (Å²) in [6, 6.07) is 0. The van der Waals surface area contributed by atoms with Gasteiger partial charge in [-0.05, 0) is 5.92 Å². The summed E-state index contributed by atoms with van der Waals surface area (Å²) in [6.45, 7) is 4.62. The van der Waals surface area contributed by atoms with Crippen LogP contribution in [0.4, 0.5) is 0 Å². The third-order valence-electron chi connectivity index (χ3n) is 1.89. The van der Waals surface area contributed by atoms with Gasteiger partial charge in [0.2, 0.25) is 16.3 Å². The molecule has 0 aromatic carbocycles. The summed E-state index contributed by atoms with van der Waals surface area (Å²) in [4.78, 5) is 0. The van der Waals surface area contributed by atoms with Crippen LogP contribution in [0.25, 0.3) is 0 Å². The summed E-state index contributed by atoms with van der Waals surface area (Å²) in [7, 11) is 0. The van der Waals surface area contributed by atoms with Crippen molar-refractivity contribution in [2.45, 2.75) is 51.2 Å². The molecule has 0 saturated carbocycles. The van der Waals surface area contributed by atoms with Gasteiger partial charge in [0.15, 0.2) is 0 Å². The zero-order valence-electron chi connectivity index (χ0n) is 7.82. The van der Waals surface area contributed by atoms with Crippen molar-refractivity contribution in [3.05, 3.63) is 0 Å². The Bertz CT molecular complexity index is 59.7. The smallest absolute Gasteiger partial charge is 0.101 e. The maximum absolute atomic E-state index is 2.31. The Morgan fingerprint density at radius 3 is 2.10 bits per heavy atom. The van der Waals surface area contributed by atoms with Crippen molar-refractivity contribution in [3.63, 3.8) is 0 Å². The summed E-state index contributed by atoms with van der Waals surface area (Å²) >= 11 is 1.40. The third kappa shape index (κ3) is 8.53. The van der Waals surface area contributed by atoms with Crippen molar-refractivity contribution < 1.29 is 0 Å². The zero-order chi connectivity index (χ0) is 7.82. The first-order valence-electron chi connectivity index (χ1n) is 4.77. The summed E-state index contributed by atoms with van der Waals surface area (Å²) in [5.41, 5.74) is 0. The molecular formula is C9H21Al. The quantitative estimate of drug-likeness (QED) is 0.409. The molecule has 0 spiro atoms. The second-order valence-electron chi connectivity index (χ2n) is 3.60. The van der Waals surface area contributed by atoms with Crippen LogP contribution in [0.2, 0.25) is 5.28 Å². The second kappa shape index (κ2) is 7.64. The molecule has 0 aromatic heterocycles. The van der Waals surface area contributed by atoms with Crippen LogP contribution in [0.5, 0.6) is 0 Å². The van der Waals surface area contributed by atoms with Gasteiger partial charge < -0.3 is 0 Å². The minimum Gasteiger partial charge on any atom is -0.101 e. The van der Waals surface area contributed by atoms with Gasteiger partial charge in [-0.2, -0.15) is 0 Å². The third-order valence-corrected chi connectivity index (χ3v) is 2.59. The maximum Gasteiger partial charge on any atom is 0.211 e. The summed E-state index contributed by atoms with van der Waals surface area (Å²) in [5.74, 6) is 0.913. The van der Waals surface area contributed by atoms with E-state index in [4.69, 9.17) is 0 Å². The lowest BCUT2D eigenvalue weighted by molar-refractivity contribution is 0.525. The molecule has 0 saturated heterocycles. The molecule has 60 valence electrons. The summed E-state index contributed by atoms with van der Waals surface area (Å²) < 4.78 is 0. The van der Waals surface area contributed by atoms with Crippen LogP contribution >= 0.6 is 0 Å². The molecular weight excluding hydrogens is 135 g/mol. The number of unbranched alkanes of at least 4 members (excludes halogenated alkanes) is 3. The Hall–Kier alpha value is 0.532. The molecule has 0 aliphatic carbocycles. The first kappa shape index (κ1) is 10.5. The molecule has 0 radical (unpaired) electrons.